The largest absolute Gasteiger partial charge is 0.456 e. The number of para-hydroxylation sites is 3. The molecule has 0 aliphatic heterocycles. The van der Waals surface area contributed by atoms with Crippen LogP contribution in [0.3, 0.4) is 0 Å². The van der Waals surface area contributed by atoms with Crippen molar-refractivity contribution >= 4 is 82.5 Å². The fourth-order valence-electron chi connectivity index (χ4n) is 9.64. The lowest BCUT2D eigenvalue weighted by molar-refractivity contribution is 0.667. The second kappa shape index (κ2) is 14.4. The van der Waals surface area contributed by atoms with E-state index in [1.807, 2.05) is 12.1 Å². The van der Waals surface area contributed by atoms with E-state index in [1.54, 1.807) is 0 Å². The molecule has 3 nitrogen and oxygen atoms in total. The predicted octanol–water partition coefficient (Wildman–Crippen LogP) is 16.3. The first-order chi connectivity index (χ1) is 30.2. The molecule has 12 aromatic rings. The highest BCUT2D eigenvalue weighted by molar-refractivity contribution is 6.26. The summed E-state index contributed by atoms with van der Waals surface area (Å²) in [6, 6.07) is 78.3. The van der Waals surface area contributed by atoms with Gasteiger partial charge in [0.15, 0.2) is 0 Å². The van der Waals surface area contributed by atoms with Crippen LogP contribution in [0.5, 0.6) is 0 Å². The van der Waals surface area contributed by atoms with Crippen LogP contribution in [0.4, 0.5) is 17.1 Å². The average molecular weight is 782 g/mol. The van der Waals surface area contributed by atoms with Crippen molar-refractivity contribution in [3.8, 4) is 11.1 Å². The van der Waals surface area contributed by atoms with Gasteiger partial charge in [-0.1, -0.05) is 170 Å². The number of anilines is 3. The van der Waals surface area contributed by atoms with Crippen LogP contribution >= 0.6 is 0 Å². The number of furan rings is 2. The SMILES string of the molecule is c1ccc(-c2cccc(C(Cc3ccc4c(c3)oc3ccccc34)c3cccc4c3ccc3c4oc4cc(N(c5ccccc5)c5ccccc5)c5ccccc5c43)c2)cc1. The molecule has 0 radical (unpaired) electrons. The minimum absolute atomic E-state index is 0.0498. The summed E-state index contributed by atoms with van der Waals surface area (Å²) in [6.45, 7) is 0. The molecule has 0 saturated carbocycles. The van der Waals surface area contributed by atoms with Crippen LogP contribution in [-0.4, -0.2) is 0 Å². The van der Waals surface area contributed by atoms with Crippen molar-refractivity contribution in [3.63, 3.8) is 0 Å². The van der Waals surface area contributed by atoms with E-state index in [9.17, 15) is 0 Å². The monoisotopic (exact) mass is 781 g/mol. The van der Waals surface area contributed by atoms with Crippen LogP contribution in [0.2, 0.25) is 0 Å². The Kier molecular flexibility index (Phi) is 8.31. The molecular weight excluding hydrogens is 743 g/mol. The van der Waals surface area contributed by atoms with E-state index in [1.165, 1.54) is 38.6 Å². The first kappa shape index (κ1) is 35.1. The van der Waals surface area contributed by atoms with E-state index in [2.05, 4.69) is 211 Å². The van der Waals surface area contributed by atoms with Crippen LogP contribution in [0.15, 0.2) is 227 Å². The van der Waals surface area contributed by atoms with Crippen molar-refractivity contribution < 1.29 is 8.83 Å². The van der Waals surface area contributed by atoms with E-state index in [-0.39, 0.29) is 5.92 Å². The predicted molar refractivity (Wildman–Crippen MR) is 255 cm³/mol. The number of rotatable bonds is 8. The molecule has 0 aliphatic carbocycles. The zero-order valence-corrected chi connectivity index (χ0v) is 33.3. The van der Waals surface area contributed by atoms with Crippen LogP contribution in [0.1, 0.15) is 22.6 Å². The van der Waals surface area contributed by atoms with Gasteiger partial charge in [-0.15, -0.1) is 0 Å². The lowest BCUT2D eigenvalue weighted by Gasteiger charge is -2.26. The molecule has 2 aromatic heterocycles. The third-order valence-electron chi connectivity index (χ3n) is 12.4. The fourth-order valence-corrected chi connectivity index (χ4v) is 9.64. The Morgan fingerprint density at radius 1 is 0.377 bits per heavy atom. The summed E-state index contributed by atoms with van der Waals surface area (Å²) in [5.41, 5.74) is 13.0. The first-order valence-corrected chi connectivity index (χ1v) is 21.0. The summed E-state index contributed by atoms with van der Waals surface area (Å²) in [5.74, 6) is 0.0498. The third kappa shape index (κ3) is 5.97. The lowest BCUT2D eigenvalue weighted by Crippen LogP contribution is -2.10. The number of hydrogen-bond acceptors (Lipinski definition) is 3. The fraction of sp³-hybridized carbons (Fsp3) is 0.0345. The van der Waals surface area contributed by atoms with Gasteiger partial charge in [-0.3, -0.25) is 0 Å². The molecule has 1 unspecified atom stereocenters. The van der Waals surface area contributed by atoms with Crippen molar-refractivity contribution in [2.45, 2.75) is 12.3 Å². The van der Waals surface area contributed by atoms with Crippen molar-refractivity contribution in [2.24, 2.45) is 0 Å². The van der Waals surface area contributed by atoms with Crippen LogP contribution < -0.4 is 4.90 Å². The van der Waals surface area contributed by atoms with Crippen molar-refractivity contribution in [1.82, 2.24) is 0 Å². The molecular formula is C58H39NO2. The van der Waals surface area contributed by atoms with Crippen LogP contribution in [0, 0.1) is 0 Å². The molecule has 2 heterocycles. The van der Waals surface area contributed by atoms with Gasteiger partial charge in [0, 0.05) is 55.7 Å². The van der Waals surface area contributed by atoms with Crippen molar-refractivity contribution in [1.29, 1.82) is 0 Å². The summed E-state index contributed by atoms with van der Waals surface area (Å²) in [4.78, 5) is 2.34. The molecule has 0 spiro atoms. The highest BCUT2D eigenvalue weighted by atomic mass is 16.3. The van der Waals surface area contributed by atoms with Gasteiger partial charge >= 0.3 is 0 Å². The minimum atomic E-state index is 0.0498. The molecule has 0 fully saturated rings. The van der Waals surface area contributed by atoms with E-state index in [4.69, 9.17) is 8.83 Å². The van der Waals surface area contributed by atoms with Crippen molar-refractivity contribution in [2.75, 3.05) is 4.90 Å². The van der Waals surface area contributed by atoms with Gasteiger partial charge in [0.05, 0.1) is 5.69 Å². The highest BCUT2D eigenvalue weighted by Crippen LogP contribution is 2.46. The summed E-state index contributed by atoms with van der Waals surface area (Å²) in [6.07, 6.45) is 0.797. The summed E-state index contributed by atoms with van der Waals surface area (Å²) < 4.78 is 13.5. The van der Waals surface area contributed by atoms with Gasteiger partial charge in [0.1, 0.15) is 22.3 Å². The molecule has 0 bridgehead atoms. The topological polar surface area (TPSA) is 29.5 Å². The molecule has 0 saturated heterocycles. The minimum Gasteiger partial charge on any atom is -0.456 e. The highest BCUT2D eigenvalue weighted by Gasteiger charge is 2.24. The molecule has 288 valence electrons. The Hall–Kier alpha value is -7.88. The maximum atomic E-state index is 7.11. The van der Waals surface area contributed by atoms with Gasteiger partial charge in [0.2, 0.25) is 0 Å². The van der Waals surface area contributed by atoms with E-state index in [0.29, 0.717) is 0 Å². The second-order valence-corrected chi connectivity index (χ2v) is 16.0. The maximum Gasteiger partial charge on any atom is 0.143 e. The quantitative estimate of drug-likeness (QED) is 0.154. The molecule has 0 amide bonds. The maximum absolute atomic E-state index is 7.11. The van der Waals surface area contributed by atoms with E-state index < -0.39 is 0 Å². The van der Waals surface area contributed by atoms with Gasteiger partial charge in [-0.25, -0.2) is 0 Å². The lowest BCUT2D eigenvalue weighted by atomic mass is 9.82. The zero-order chi connectivity index (χ0) is 40.3. The number of fused-ring (bicyclic) bond motifs is 10. The van der Waals surface area contributed by atoms with Crippen LogP contribution in [0.25, 0.3) is 76.5 Å². The molecule has 61 heavy (non-hydrogen) atoms. The van der Waals surface area contributed by atoms with Gasteiger partial charge in [0.25, 0.3) is 0 Å². The van der Waals surface area contributed by atoms with Gasteiger partial charge < -0.3 is 13.7 Å². The van der Waals surface area contributed by atoms with Crippen LogP contribution in [-0.2, 0) is 6.42 Å². The Labute approximate surface area is 353 Å². The van der Waals surface area contributed by atoms with Gasteiger partial charge in [-0.2, -0.15) is 0 Å². The number of benzene rings is 10. The Balaban J connectivity index is 1.05. The first-order valence-electron chi connectivity index (χ1n) is 21.0. The third-order valence-corrected chi connectivity index (χ3v) is 12.4. The summed E-state index contributed by atoms with van der Waals surface area (Å²) in [5, 5.41) is 9.17. The van der Waals surface area contributed by atoms with Gasteiger partial charge in [-0.05, 0) is 87.5 Å². The molecule has 10 aromatic carbocycles. The van der Waals surface area contributed by atoms with E-state index >= 15 is 0 Å². The number of hydrogen-bond donors (Lipinski definition) is 0. The number of nitrogens with zero attached hydrogens (tertiary/aromatic N) is 1. The van der Waals surface area contributed by atoms with Crippen molar-refractivity contribution in [3.05, 3.63) is 235 Å². The smallest absolute Gasteiger partial charge is 0.143 e. The Morgan fingerprint density at radius 3 is 1.77 bits per heavy atom. The molecule has 3 heteroatoms. The Bertz CT molecular complexity index is 3530. The summed E-state index contributed by atoms with van der Waals surface area (Å²) >= 11 is 0. The second-order valence-electron chi connectivity index (χ2n) is 16.0. The standard InChI is InChI=1S/C58H39NO2/c1-4-16-39(17-5-1)40-18-14-19-41(36-40)52(34-38-30-31-48-47-25-12-13-29-54(47)60-55(48)35-38)44-27-15-28-50-45(44)32-33-51-57-49-26-11-10-24-46(49)53(37-56(57)61-58(50)51)59(42-20-6-2-7-21-42)43-22-8-3-9-23-43/h1-33,35-37,52H,34H2. The molecule has 1 atom stereocenters. The zero-order valence-electron chi connectivity index (χ0n) is 33.3. The summed E-state index contributed by atoms with van der Waals surface area (Å²) in [7, 11) is 0. The molecule has 12 rings (SSSR count). The molecule has 0 N–H and O–H groups in total. The normalized spacial score (nSPS) is 12.3. The Morgan fingerprint density at radius 2 is 0.984 bits per heavy atom. The van der Waals surface area contributed by atoms with E-state index in [0.717, 1.165) is 78.1 Å². The molecule has 0 aliphatic rings. The average Bonchev–Trinajstić information content (AvgIpc) is 3.90.